The van der Waals surface area contributed by atoms with Crippen LogP contribution in [0.4, 0.5) is 5.13 Å². The Kier molecular flexibility index (Phi) is 6.68. The monoisotopic (exact) mass is 487 g/mol. The smallest absolute Gasteiger partial charge is 0.244 e. The molecule has 1 aliphatic heterocycles. The van der Waals surface area contributed by atoms with Crippen molar-refractivity contribution in [1.29, 1.82) is 0 Å². The third kappa shape index (κ3) is 4.73. The van der Waals surface area contributed by atoms with Gasteiger partial charge in [0.05, 0.1) is 24.8 Å². The lowest BCUT2D eigenvalue weighted by atomic mass is 10.1. The number of benzene rings is 2. The highest BCUT2D eigenvalue weighted by Crippen LogP contribution is 2.33. The molecule has 174 valence electrons. The first-order valence-corrected chi connectivity index (χ1v) is 12.7. The summed E-state index contributed by atoms with van der Waals surface area (Å²) in [6.45, 7) is 2.23. The zero-order chi connectivity index (χ0) is 23.6. The van der Waals surface area contributed by atoms with Gasteiger partial charge >= 0.3 is 0 Å². The number of nitrogens with zero attached hydrogens (tertiary/aromatic N) is 2. The molecule has 0 saturated carbocycles. The molecule has 1 N–H and O–H groups in total. The van der Waals surface area contributed by atoms with Crippen LogP contribution < -0.4 is 14.8 Å². The zero-order valence-corrected chi connectivity index (χ0v) is 20.2. The summed E-state index contributed by atoms with van der Waals surface area (Å²) in [7, 11) is -0.687. The Morgan fingerprint density at radius 1 is 1.06 bits per heavy atom. The van der Waals surface area contributed by atoms with Crippen molar-refractivity contribution in [3.8, 4) is 22.8 Å². The van der Waals surface area contributed by atoms with Crippen LogP contribution >= 0.6 is 11.3 Å². The molecule has 0 spiro atoms. The average molecular weight is 488 g/mol. The van der Waals surface area contributed by atoms with E-state index in [4.69, 9.17) is 9.47 Å². The van der Waals surface area contributed by atoms with Crippen molar-refractivity contribution in [1.82, 2.24) is 9.29 Å². The molecule has 1 aromatic heterocycles. The van der Waals surface area contributed by atoms with Gasteiger partial charge < -0.3 is 14.8 Å². The molecule has 1 fully saturated rings. The summed E-state index contributed by atoms with van der Waals surface area (Å²) in [4.78, 5) is 18.7. The number of aromatic nitrogens is 1. The van der Waals surface area contributed by atoms with E-state index in [-0.39, 0.29) is 10.8 Å². The third-order valence-corrected chi connectivity index (χ3v) is 8.37. The summed E-state index contributed by atoms with van der Waals surface area (Å²) < 4.78 is 37.9. The maximum absolute atomic E-state index is 13.2. The summed E-state index contributed by atoms with van der Waals surface area (Å²) in [5.74, 6) is 0.940. The Morgan fingerprint density at radius 2 is 1.67 bits per heavy atom. The molecule has 0 bridgehead atoms. The number of carbonyl (C=O) groups excluding carboxylic acids is 1. The molecule has 1 saturated heterocycles. The van der Waals surface area contributed by atoms with Crippen molar-refractivity contribution in [2.75, 3.05) is 26.1 Å². The first-order valence-electron chi connectivity index (χ1n) is 10.4. The number of ether oxygens (including phenoxy) is 2. The fraction of sp³-hybridized carbons (Fsp3) is 0.304. The van der Waals surface area contributed by atoms with Crippen molar-refractivity contribution < 1.29 is 22.7 Å². The van der Waals surface area contributed by atoms with Crippen LogP contribution in [0.15, 0.2) is 53.4 Å². The molecular weight excluding hydrogens is 462 g/mol. The maximum Gasteiger partial charge on any atom is 0.244 e. The van der Waals surface area contributed by atoms with E-state index < -0.39 is 16.1 Å². The summed E-state index contributed by atoms with van der Waals surface area (Å²) in [5.41, 5.74) is 1.68. The SMILES string of the molecule is COc1ccc(-c2nc(NC(=O)C3CCCN3S(=O)(=O)c3ccc(OC)cc3)sc2C)cc1. The minimum Gasteiger partial charge on any atom is -0.497 e. The Morgan fingerprint density at radius 3 is 2.27 bits per heavy atom. The molecule has 1 aliphatic rings. The first kappa shape index (κ1) is 23.2. The van der Waals surface area contributed by atoms with Gasteiger partial charge in [-0.3, -0.25) is 4.79 Å². The van der Waals surface area contributed by atoms with Crippen molar-refractivity contribution in [2.45, 2.75) is 30.7 Å². The number of amides is 1. The lowest BCUT2D eigenvalue weighted by Crippen LogP contribution is -2.43. The standard InChI is InChI=1S/C23H25N3O5S2/c1-15-21(16-6-8-17(30-2)9-7-16)24-23(32-15)25-22(27)20-5-4-14-26(20)33(28,29)19-12-10-18(31-3)11-13-19/h6-13,20H,4-5,14H2,1-3H3,(H,24,25,27). The van der Waals surface area contributed by atoms with E-state index >= 15 is 0 Å². The number of methoxy groups -OCH3 is 2. The van der Waals surface area contributed by atoms with Gasteiger partial charge in [-0.15, -0.1) is 11.3 Å². The molecule has 2 aromatic carbocycles. The summed E-state index contributed by atoms with van der Waals surface area (Å²) >= 11 is 1.36. The lowest BCUT2D eigenvalue weighted by molar-refractivity contribution is -0.119. The summed E-state index contributed by atoms with van der Waals surface area (Å²) in [5, 5.41) is 3.27. The average Bonchev–Trinajstić information content (AvgIpc) is 3.46. The second-order valence-corrected chi connectivity index (χ2v) is 10.7. The number of nitrogens with one attached hydrogen (secondary N) is 1. The molecule has 2 heterocycles. The molecule has 10 heteroatoms. The molecule has 33 heavy (non-hydrogen) atoms. The van der Waals surface area contributed by atoms with Crippen LogP contribution in [0.5, 0.6) is 11.5 Å². The van der Waals surface area contributed by atoms with E-state index in [0.717, 1.165) is 21.9 Å². The second kappa shape index (κ2) is 9.50. The van der Waals surface area contributed by atoms with Gasteiger partial charge in [-0.05, 0) is 68.3 Å². The highest BCUT2D eigenvalue weighted by Gasteiger charge is 2.39. The van der Waals surface area contributed by atoms with Crippen LogP contribution in [-0.2, 0) is 14.8 Å². The van der Waals surface area contributed by atoms with Crippen molar-refractivity contribution >= 4 is 32.4 Å². The predicted octanol–water partition coefficient (Wildman–Crippen LogP) is 3.93. The largest absolute Gasteiger partial charge is 0.497 e. The number of rotatable bonds is 7. The normalized spacial score (nSPS) is 16.5. The van der Waals surface area contributed by atoms with Gasteiger partial charge in [0.25, 0.3) is 0 Å². The van der Waals surface area contributed by atoms with E-state index in [1.54, 1.807) is 19.2 Å². The van der Waals surface area contributed by atoms with Gasteiger partial charge in [0.15, 0.2) is 5.13 Å². The van der Waals surface area contributed by atoms with Gasteiger partial charge in [-0.2, -0.15) is 4.31 Å². The highest BCUT2D eigenvalue weighted by atomic mass is 32.2. The van der Waals surface area contributed by atoms with Crippen molar-refractivity contribution in [3.63, 3.8) is 0 Å². The van der Waals surface area contributed by atoms with Crippen molar-refractivity contribution in [2.24, 2.45) is 0 Å². The molecule has 1 atom stereocenters. The molecule has 0 radical (unpaired) electrons. The number of sulfonamides is 1. The van der Waals surface area contributed by atoms with Crippen LogP contribution in [-0.4, -0.2) is 50.4 Å². The molecular formula is C23H25N3O5S2. The van der Waals surface area contributed by atoms with Gasteiger partial charge in [0.2, 0.25) is 15.9 Å². The molecule has 3 aromatic rings. The van der Waals surface area contributed by atoms with E-state index in [1.807, 2.05) is 31.2 Å². The van der Waals surface area contributed by atoms with E-state index in [2.05, 4.69) is 10.3 Å². The number of hydrogen-bond acceptors (Lipinski definition) is 7. The Bertz CT molecular complexity index is 1240. The van der Waals surface area contributed by atoms with Gasteiger partial charge in [0.1, 0.15) is 17.5 Å². The second-order valence-electron chi connectivity index (χ2n) is 7.59. The maximum atomic E-state index is 13.2. The van der Waals surface area contributed by atoms with Crippen molar-refractivity contribution in [3.05, 3.63) is 53.4 Å². The van der Waals surface area contributed by atoms with E-state index in [0.29, 0.717) is 30.3 Å². The minimum absolute atomic E-state index is 0.134. The van der Waals surface area contributed by atoms with Crippen LogP contribution in [0.2, 0.25) is 0 Å². The van der Waals surface area contributed by atoms with Crippen LogP contribution in [0.25, 0.3) is 11.3 Å². The number of anilines is 1. The topological polar surface area (TPSA) is 97.8 Å². The number of carbonyl (C=O) groups is 1. The fourth-order valence-corrected chi connectivity index (χ4v) is 6.32. The third-order valence-electron chi connectivity index (χ3n) is 5.56. The number of hydrogen-bond donors (Lipinski definition) is 1. The van der Waals surface area contributed by atoms with E-state index in [9.17, 15) is 13.2 Å². The van der Waals surface area contributed by atoms with Crippen LogP contribution in [0.1, 0.15) is 17.7 Å². The summed E-state index contributed by atoms with van der Waals surface area (Å²) in [6, 6.07) is 12.9. The van der Waals surface area contributed by atoms with Gasteiger partial charge in [-0.1, -0.05) is 0 Å². The fourth-order valence-electron chi connectivity index (χ4n) is 3.83. The van der Waals surface area contributed by atoms with Crippen LogP contribution in [0, 0.1) is 6.92 Å². The van der Waals surface area contributed by atoms with Crippen LogP contribution in [0.3, 0.4) is 0 Å². The predicted molar refractivity (Wildman–Crippen MR) is 127 cm³/mol. The molecule has 4 rings (SSSR count). The molecule has 0 aliphatic carbocycles. The number of thiazole rings is 1. The Labute approximate surface area is 197 Å². The number of aryl methyl sites for hydroxylation is 1. The highest BCUT2D eigenvalue weighted by molar-refractivity contribution is 7.89. The Hall–Kier alpha value is -2.95. The molecule has 8 nitrogen and oxygen atoms in total. The minimum atomic E-state index is -3.81. The van der Waals surface area contributed by atoms with E-state index in [1.165, 1.54) is 34.9 Å². The first-order chi connectivity index (χ1) is 15.8. The Balaban J connectivity index is 1.52. The quantitative estimate of drug-likeness (QED) is 0.542. The zero-order valence-electron chi connectivity index (χ0n) is 18.6. The molecule has 1 unspecified atom stereocenters. The lowest BCUT2D eigenvalue weighted by Gasteiger charge is -2.23. The van der Waals surface area contributed by atoms with Gasteiger partial charge in [0, 0.05) is 17.0 Å². The summed E-state index contributed by atoms with van der Waals surface area (Å²) in [6.07, 6.45) is 1.07. The van der Waals surface area contributed by atoms with Gasteiger partial charge in [-0.25, -0.2) is 13.4 Å². The molecule has 1 amide bonds.